The van der Waals surface area contributed by atoms with E-state index in [9.17, 15) is 9.59 Å². The van der Waals surface area contributed by atoms with E-state index in [-0.39, 0.29) is 35.4 Å². The minimum absolute atomic E-state index is 0.157. The molecule has 0 spiro atoms. The Balaban J connectivity index is 2.39. The third kappa shape index (κ3) is 2.33. The number of rotatable bonds is 4. The second-order valence-corrected chi connectivity index (χ2v) is 7.15. The average Bonchev–Trinajstić information content (AvgIpc) is 2.82. The summed E-state index contributed by atoms with van der Waals surface area (Å²) >= 11 is 0. The molecule has 0 N–H and O–H groups in total. The van der Waals surface area contributed by atoms with Crippen LogP contribution in [0.4, 0.5) is 0 Å². The summed E-state index contributed by atoms with van der Waals surface area (Å²) < 4.78 is 0. The van der Waals surface area contributed by atoms with E-state index in [0.29, 0.717) is 0 Å². The van der Waals surface area contributed by atoms with E-state index in [1.54, 1.807) is 0 Å². The van der Waals surface area contributed by atoms with E-state index in [1.165, 1.54) is 0 Å². The SMILES string of the molecule is CCCC(C)(C)N1C(=O)C2CCCN2C(=O)C1C(C)C. The summed E-state index contributed by atoms with van der Waals surface area (Å²) in [5.74, 6) is 0.481. The Kier molecular flexibility index (Phi) is 4.12. The minimum atomic E-state index is -0.293. The maximum absolute atomic E-state index is 12.9. The van der Waals surface area contributed by atoms with Crippen LogP contribution in [0.2, 0.25) is 0 Å². The van der Waals surface area contributed by atoms with E-state index in [2.05, 4.69) is 20.8 Å². The Hall–Kier alpha value is -1.06. The van der Waals surface area contributed by atoms with Gasteiger partial charge in [-0.25, -0.2) is 0 Å². The van der Waals surface area contributed by atoms with Crippen LogP contribution in [0.5, 0.6) is 0 Å². The molecule has 0 saturated carbocycles. The summed E-state index contributed by atoms with van der Waals surface area (Å²) in [6.45, 7) is 11.2. The second kappa shape index (κ2) is 5.38. The Morgan fingerprint density at radius 2 is 1.90 bits per heavy atom. The fourth-order valence-electron chi connectivity index (χ4n) is 3.86. The maximum atomic E-state index is 12.9. The van der Waals surface area contributed by atoms with Gasteiger partial charge >= 0.3 is 0 Å². The van der Waals surface area contributed by atoms with Crippen LogP contribution in [-0.2, 0) is 9.59 Å². The Morgan fingerprint density at radius 1 is 1.25 bits per heavy atom. The first-order valence-corrected chi connectivity index (χ1v) is 7.95. The number of carbonyl (C=O) groups excluding carboxylic acids is 2. The van der Waals surface area contributed by atoms with Crippen LogP contribution in [0.15, 0.2) is 0 Å². The Morgan fingerprint density at radius 3 is 2.45 bits per heavy atom. The van der Waals surface area contributed by atoms with Crippen molar-refractivity contribution in [2.45, 2.75) is 77.9 Å². The fraction of sp³-hybridized carbons (Fsp3) is 0.875. The Labute approximate surface area is 122 Å². The van der Waals surface area contributed by atoms with Crippen LogP contribution in [-0.4, -0.2) is 45.8 Å². The van der Waals surface area contributed by atoms with Gasteiger partial charge in [0.2, 0.25) is 11.8 Å². The lowest BCUT2D eigenvalue weighted by molar-refractivity contribution is -0.168. The number of piperazine rings is 1. The molecule has 2 fully saturated rings. The lowest BCUT2D eigenvalue weighted by Gasteiger charge is -2.51. The summed E-state index contributed by atoms with van der Waals surface area (Å²) in [6, 6.07) is -0.493. The predicted octanol–water partition coefficient (Wildman–Crippen LogP) is 2.42. The van der Waals surface area contributed by atoms with Crippen molar-refractivity contribution in [3.8, 4) is 0 Å². The zero-order chi connectivity index (χ0) is 15.1. The molecule has 0 aromatic carbocycles. The summed E-state index contributed by atoms with van der Waals surface area (Å²) in [5, 5.41) is 0. The summed E-state index contributed by atoms with van der Waals surface area (Å²) in [7, 11) is 0. The molecule has 2 rings (SSSR count). The van der Waals surface area contributed by atoms with Crippen molar-refractivity contribution in [3.05, 3.63) is 0 Å². The monoisotopic (exact) mass is 280 g/mol. The Bertz CT molecular complexity index is 403. The maximum Gasteiger partial charge on any atom is 0.246 e. The van der Waals surface area contributed by atoms with Crippen molar-refractivity contribution in [1.82, 2.24) is 9.80 Å². The van der Waals surface area contributed by atoms with E-state index in [0.717, 1.165) is 32.2 Å². The highest BCUT2D eigenvalue weighted by Gasteiger charge is 2.52. The number of hydrogen-bond acceptors (Lipinski definition) is 2. The van der Waals surface area contributed by atoms with Gasteiger partial charge in [-0.15, -0.1) is 0 Å². The first kappa shape index (κ1) is 15.3. The number of hydrogen-bond donors (Lipinski definition) is 0. The van der Waals surface area contributed by atoms with Gasteiger partial charge in [-0.1, -0.05) is 27.2 Å². The molecule has 114 valence electrons. The van der Waals surface area contributed by atoms with E-state index in [1.807, 2.05) is 23.6 Å². The molecule has 4 nitrogen and oxygen atoms in total. The topological polar surface area (TPSA) is 40.6 Å². The van der Waals surface area contributed by atoms with Crippen LogP contribution in [0.1, 0.15) is 60.3 Å². The number of amides is 2. The van der Waals surface area contributed by atoms with E-state index < -0.39 is 0 Å². The molecule has 4 heteroatoms. The normalized spacial score (nSPS) is 27.5. The molecule has 2 aliphatic heterocycles. The van der Waals surface area contributed by atoms with Crippen LogP contribution in [0.3, 0.4) is 0 Å². The molecule has 2 atom stereocenters. The molecule has 2 saturated heterocycles. The summed E-state index contributed by atoms with van der Waals surface area (Å²) in [4.78, 5) is 29.4. The molecule has 2 aliphatic rings. The molecule has 2 amide bonds. The first-order chi connectivity index (χ1) is 9.31. The summed E-state index contributed by atoms with van der Waals surface area (Å²) in [6.07, 6.45) is 3.73. The molecular weight excluding hydrogens is 252 g/mol. The van der Waals surface area contributed by atoms with Crippen molar-refractivity contribution < 1.29 is 9.59 Å². The molecule has 0 aliphatic carbocycles. The highest BCUT2D eigenvalue weighted by Crippen LogP contribution is 2.35. The van der Waals surface area contributed by atoms with Crippen molar-refractivity contribution in [1.29, 1.82) is 0 Å². The second-order valence-electron chi connectivity index (χ2n) is 7.15. The predicted molar refractivity (Wildman–Crippen MR) is 79.2 cm³/mol. The highest BCUT2D eigenvalue weighted by atomic mass is 16.2. The fourth-order valence-corrected chi connectivity index (χ4v) is 3.86. The molecule has 0 radical (unpaired) electrons. The third-order valence-corrected chi connectivity index (χ3v) is 4.73. The molecule has 0 aromatic heterocycles. The zero-order valence-electron chi connectivity index (χ0n) is 13.5. The van der Waals surface area contributed by atoms with Gasteiger partial charge in [-0.2, -0.15) is 0 Å². The van der Waals surface area contributed by atoms with Crippen LogP contribution >= 0.6 is 0 Å². The number of nitrogens with zero attached hydrogens (tertiary/aromatic N) is 2. The molecule has 0 bridgehead atoms. The van der Waals surface area contributed by atoms with Crippen molar-refractivity contribution in [3.63, 3.8) is 0 Å². The molecule has 0 aromatic rings. The van der Waals surface area contributed by atoms with E-state index >= 15 is 0 Å². The van der Waals surface area contributed by atoms with Crippen molar-refractivity contribution in [2.75, 3.05) is 6.54 Å². The average molecular weight is 280 g/mol. The van der Waals surface area contributed by atoms with Gasteiger partial charge in [0.15, 0.2) is 0 Å². The standard InChI is InChI=1S/C16H28N2O2/c1-6-9-16(4,5)18-13(11(2)3)15(20)17-10-7-8-12(17)14(18)19/h11-13H,6-10H2,1-5H3. The first-order valence-electron chi connectivity index (χ1n) is 7.95. The lowest BCUT2D eigenvalue weighted by atomic mass is 9.87. The smallest absolute Gasteiger partial charge is 0.246 e. The van der Waals surface area contributed by atoms with Gasteiger partial charge in [0.25, 0.3) is 0 Å². The molecular formula is C16H28N2O2. The van der Waals surface area contributed by atoms with Crippen LogP contribution in [0, 0.1) is 5.92 Å². The number of carbonyl (C=O) groups is 2. The van der Waals surface area contributed by atoms with E-state index in [4.69, 9.17) is 0 Å². The quantitative estimate of drug-likeness (QED) is 0.793. The summed E-state index contributed by atoms with van der Waals surface area (Å²) in [5.41, 5.74) is -0.245. The minimum Gasteiger partial charge on any atom is -0.329 e. The van der Waals surface area contributed by atoms with Crippen molar-refractivity contribution in [2.24, 2.45) is 5.92 Å². The lowest BCUT2D eigenvalue weighted by Crippen LogP contribution is -2.69. The zero-order valence-corrected chi connectivity index (χ0v) is 13.5. The van der Waals surface area contributed by atoms with Crippen molar-refractivity contribution >= 4 is 11.8 Å². The largest absolute Gasteiger partial charge is 0.329 e. The molecule has 2 heterocycles. The van der Waals surface area contributed by atoms with Gasteiger partial charge in [-0.05, 0) is 39.0 Å². The molecule has 20 heavy (non-hydrogen) atoms. The van der Waals surface area contributed by atoms with Gasteiger partial charge in [0.05, 0.1) is 0 Å². The van der Waals surface area contributed by atoms with Crippen LogP contribution in [0.25, 0.3) is 0 Å². The molecule has 2 unspecified atom stereocenters. The third-order valence-electron chi connectivity index (χ3n) is 4.73. The van der Waals surface area contributed by atoms with Gasteiger partial charge < -0.3 is 9.80 Å². The highest BCUT2D eigenvalue weighted by molar-refractivity contribution is 5.98. The van der Waals surface area contributed by atoms with Gasteiger partial charge in [0, 0.05) is 12.1 Å². The number of fused-ring (bicyclic) bond motifs is 1. The van der Waals surface area contributed by atoms with Gasteiger partial charge in [0.1, 0.15) is 12.1 Å². The van der Waals surface area contributed by atoms with Crippen LogP contribution < -0.4 is 0 Å². The van der Waals surface area contributed by atoms with Gasteiger partial charge in [-0.3, -0.25) is 9.59 Å².